The normalized spacial score (nSPS) is 16.3. The zero-order valence-corrected chi connectivity index (χ0v) is 12.2. The lowest BCUT2D eigenvalue weighted by atomic mass is 9.96. The van der Waals surface area contributed by atoms with E-state index in [0.717, 1.165) is 11.1 Å². The smallest absolute Gasteiger partial charge is 0.341 e. The summed E-state index contributed by atoms with van der Waals surface area (Å²) in [5.74, 6) is -0.464. The van der Waals surface area contributed by atoms with E-state index in [-0.39, 0.29) is 0 Å². The molecule has 112 valence electrons. The molecule has 0 bridgehead atoms. The summed E-state index contributed by atoms with van der Waals surface area (Å²) in [5.41, 5.74) is 3.59. The van der Waals surface area contributed by atoms with Crippen molar-refractivity contribution in [3.8, 4) is 0 Å². The monoisotopic (exact) mass is 291 g/mol. The maximum atomic E-state index is 11.8. The summed E-state index contributed by atoms with van der Waals surface area (Å²) in [6.45, 7) is 0.867. The molecular formula is C15H17NO5. The van der Waals surface area contributed by atoms with E-state index >= 15 is 0 Å². The van der Waals surface area contributed by atoms with E-state index in [1.807, 2.05) is 18.2 Å². The van der Waals surface area contributed by atoms with E-state index in [1.165, 1.54) is 27.6 Å². The van der Waals surface area contributed by atoms with Crippen LogP contribution in [0, 0.1) is 0 Å². The van der Waals surface area contributed by atoms with Crippen LogP contribution in [-0.2, 0) is 30.4 Å². The summed E-state index contributed by atoms with van der Waals surface area (Å²) in [6, 6.07) is 5.57. The predicted molar refractivity (Wildman–Crippen MR) is 76.6 cm³/mol. The minimum atomic E-state index is -0.464. The van der Waals surface area contributed by atoms with Gasteiger partial charge in [-0.15, -0.1) is 0 Å². The van der Waals surface area contributed by atoms with Crippen LogP contribution in [0.5, 0.6) is 0 Å². The van der Waals surface area contributed by atoms with Crippen molar-refractivity contribution in [2.45, 2.75) is 6.61 Å². The third kappa shape index (κ3) is 3.22. The molecule has 0 aromatic heterocycles. The molecule has 0 spiro atoms. The maximum absolute atomic E-state index is 11.8. The second-order valence-corrected chi connectivity index (χ2v) is 4.34. The summed E-state index contributed by atoms with van der Waals surface area (Å²) >= 11 is 0. The quantitative estimate of drug-likeness (QED) is 0.366. The van der Waals surface area contributed by atoms with Gasteiger partial charge in [0.15, 0.2) is 0 Å². The Balaban J connectivity index is 2.48. The highest BCUT2D eigenvalue weighted by Crippen LogP contribution is 2.24. The van der Waals surface area contributed by atoms with Crippen molar-refractivity contribution < 1.29 is 23.8 Å². The second-order valence-electron chi connectivity index (χ2n) is 4.34. The Hall–Kier alpha value is -2.34. The molecule has 0 N–H and O–H groups in total. The van der Waals surface area contributed by atoms with Gasteiger partial charge in [-0.25, -0.2) is 4.79 Å². The molecule has 1 heterocycles. The highest BCUT2D eigenvalue weighted by Gasteiger charge is 2.20. The first-order valence-corrected chi connectivity index (χ1v) is 6.34. The molecular weight excluding hydrogens is 274 g/mol. The molecule has 0 unspecified atom stereocenters. The SMILES string of the molecule is CO/C=C(/C(=O)OC)c1ccc2c(c1)/C(=N/OC)COC2. The van der Waals surface area contributed by atoms with Crippen molar-refractivity contribution in [2.75, 3.05) is 27.9 Å². The fraction of sp³-hybridized carbons (Fsp3) is 0.333. The summed E-state index contributed by atoms with van der Waals surface area (Å²) in [6.07, 6.45) is 1.36. The van der Waals surface area contributed by atoms with Gasteiger partial charge in [0.25, 0.3) is 0 Å². The molecule has 0 saturated carbocycles. The third-order valence-electron chi connectivity index (χ3n) is 3.07. The average Bonchev–Trinajstić information content (AvgIpc) is 2.52. The molecule has 0 fully saturated rings. The standard InChI is InChI=1S/C15H17NO5/c1-18-8-13(15(17)19-2)10-4-5-11-7-21-9-14(16-20-3)12(11)6-10/h4-6,8H,7,9H2,1-3H3/b13-8+,16-14+. The fourth-order valence-electron chi connectivity index (χ4n) is 2.12. The number of hydrogen-bond acceptors (Lipinski definition) is 6. The lowest BCUT2D eigenvalue weighted by Gasteiger charge is -2.19. The largest absolute Gasteiger partial charge is 0.503 e. The Labute approximate surface area is 122 Å². The second kappa shape index (κ2) is 6.90. The van der Waals surface area contributed by atoms with Crippen LogP contribution in [0.4, 0.5) is 0 Å². The number of hydrogen-bond donors (Lipinski definition) is 0. The van der Waals surface area contributed by atoms with Crippen LogP contribution in [0.15, 0.2) is 29.6 Å². The number of methoxy groups -OCH3 is 2. The van der Waals surface area contributed by atoms with Gasteiger partial charge in [0.05, 0.1) is 33.7 Å². The highest BCUT2D eigenvalue weighted by atomic mass is 16.6. The maximum Gasteiger partial charge on any atom is 0.341 e. The van der Waals surface area contributed by atoms with Gasteiger partial charge in [-0.05, 0) is 17.2 Å². The van der Waals surface area contributed by atoms with Gasteiger partial charge >= 0.3 is 5.97 Å². The Morgan fingerprint density at radius 1 is 1.29 bits per heavy atom. The molecule has 6 heteroatoms. The number of rotatable bonds is 4. The van der Waals surface area contributed by atoms with E-state index in [1.54, 1.807) is 0 Å². The van der Waals surface area contributed by atoms with Crippen LogP contribution in [0.25, 0.3) is 5.57 Å². The first kappa shape index (κ1) is 15.1. The Kier molecular flexibility index (Phi) is 4.94. The number of nitrogens with zero attached hydrogens (tertiary/aromatic N) is 1. The minimum Gasteiger partial charge on any atom is -0.503 e. The number of esters is 1. The van der Waals surface area contributed by atoms with Crippen LogP contribution < -0.4 is 0 Å². The molecule has 2 rings (SSSR count). The molecule has 0 radical (unpaired) electrons. The third-order valence-corrected chi connectivity index (χ3v) is 3.07. The zero-order chi connectivity index (χ0) is 15.2. The first-order chi connectivity index (χ1) is 10.2. The van der Waals surface area contributed by atoms with Crippen molar-refractivity contribution in [1.29, 1.82) is 0 Å². The molecule has 0 aliphatic carbocycles. The average molecular weight is 291 g/mol. The molecule has 21 heavy (non-hydrogen) atoms. The molecule has 0 amide bonds. The van der Waals surface area contributed by atoms with Gasteiger partial charge in [-0.2, -0.15) is 0 Å². The molecule has 1 aliphatic heterocycles. The van der Waals surface area contributed by atoms with Gasteiger partial charge < -0.3 is 19.0 Å². The van der Waals surface area contributed by atoms with E-state index in [9.17, 15) is 4.79 Å². The van der Waals surface area contributed by atoms with E-state index in [0.29, 0.717) is 30.1 Å². The lowest BCUT2D eigenvalue weighted by Crippen LogP contribution is -2.20. The first-order valence-electron chi connectivity index (χ1n) is 6.34. The van der Waals surface area contributed by atoms with E-state index < -0.39 is 5.97 Å². The van der Waals surface area contributed by atoms with E-state index in [2.05, 4.69) is 5.16 Å². The Bertz CT molecular complexity index is 592. The topological polar surface area (TPSA) is 66.4 Å². The van der Waals surface area contributed by atoms with E-state index in [4.69, 9.17) is 19.0 Å². The van der Waals surface area contributed by atoms with Crippen LogP contribution >= 0.6 is 0 Å². The highest BCUT2D eigenvalue weighted by molar-refractivity contribution is 6.16. The van der Waals surface area contributed by atoms with Crippen molar-refractivity contribution in [1.82, 2.24) is 0 Å². The van der Waals surface area contributed by atoms with Crippen LogP contribution in [0.1, 0.15) is 16.7 Å². The lowest BCUT2D eigenvalue weighted by molar-refractivity contribution is -0.133. The number of ether oxygens (including phenoxy) is 3. The number of carbonyl (C=O) groups excluding carboxylic acids is 1. The van der Waals surface area contributed by atoms with Gasteiger partial charge in [-0.3, -0.25) is 0 Å². The molecule has 1 aromatic rings. The molecule has 0 saturated heterocycles. The molecule has 1 aromatic carbocycles. The fourth-order valence-corrected chi connectivity index (χ4v) is 2.12. The Morgan fingerprint density at radius 2 is 2.10 bits per heavy atom. The molecule has 6 nitrogen and oxygen atoms in total. The molecule has 0 atom stereocenters. The van der Waals surface area contributed by atoms with Crippen molar-refractivity contribution in [3.05, 3.63) is 41.2 Å². The summed E-state index contributed by atoms with van der Waals surface area (Å²) in [5, 5.41) is 3.96. The number of oxime groups is 1. The Morgan fingerprint density at radius 3 is 2.76 bits per heavy atom. The van der Waals surface area contributed by atoms with Crippen molar-refractivity contribution in [2.24, 2.45) is 5.16 Å². The summed E-state index contributed by atoms with van der Waals surface area (Å²) < 4.78 is 15.2. The van der Waals surface area contributed by atoms with Crippen LogP contribution in [-0.4, -0.2) is 39.6 Å². The van der Waals surface area contributed by atoms with Gasteiger partial charge in [0.2, 0.25) is 0 Å². The number of carbonyl (C=O) groups is 1. The predicted octanol–water partition coefficient (Wildman–Crippen LogP) is 1.73. The van der Waals surface area contributed by atoms with Crippen molar-refractivity contribution in [3.63, 3.8) is 0 Å². The van der Waals surface area contributed by atoms with Crippen LogP contribution in [0.3, 0.4) is 0 Å². The number of fused-ring (bicyclic) bond motifs is 1. The van der Waals surface area contributed by atoms with Gasteiger partial charge in [0, 0.05) is 5.56 Å². The summed E-state index contributed by atoms with van der Waals surface area (Å²) in [4.78, 5) is 16.7. The van der Waals surface area contributed by atoms with Gasteiger partial charge in [-0.1, -0.05) is 17.3 Å². The molecule has 1 aliphatic rings. The zero-order valence-electron chi connectivity index (χ0n) is 12.2. The summed E-state index contributed by atoms with van der Waals surface area (Å²) in [7, 11) is 4.29. The minimum absolute atomic E-state index is 0.339. The van der Waals surface area contributed by atoms with Crippen LogP contribution in [0.2, 0.25) is 0 Å². The van der Waals surface area contributed by atoms with Crippen molar-refractivity contribution >= 4 is 17.3 Å². The van der Waals surface area contributed by atoms with Gasteiger partial charge in [0.1, 0.15) is 18.4 Å². The number of benzene rings is 1.